The highest BCUT2D eigenvalue weighted by Crippen LogP contribution is 2.26. The SMILES string of the molecule is COC(=O)NCCN(c1ccc(N2CCC(C)CC2)cc1)S(C)(=O)=O. The Kier molecular flexibility index (Phi) is 6.52. The van der Waals surface area contributed by atoms with E-state index in [1.165, 1.54) is 24.3 Å². The van der Waals surface area contributed by atoms with Crippen LogP contribution >= 0.6 is 0 Å². The number of alkyl carbamates (subject to hydrolysis) is 1. The van der Waals surface area contributed by atoms with E-state index in [1.807, 2.05) is 24.3 Å². The van der Waals surface area contributed by atoms with Crippen molar-refractivity contribution in [1.82, 2.24) is 5.32 Å². The zero-order chi connectivity index (χ0) is 18.4. The van der Waals surface area contributed by atoms with Gasteiger partial charge in [0.05, 0.1) is 25.6 Å². The average Bonchev–Trinajstić information content (AvgIpc) is 2.58. The Labute approximate surface area is 150 Å². The van der Waals surface area contributed by atoms with Crippen molar-refractivity contribution in [1.29, 1.82) is 0 Å². The predicted molar refractivity (Wildman–Crippen MR) is 99.7 cm³/mol. The lowest BCUT2D eigenvalue weighted by molar-refractivity contribution is 0.171. The van der Waals surface area contributed by atoms with Gasteiger partial charge >= 0.3 is 6.09 Å². The minimum absolute atomic E-state index is 0.147. The number of carbonyl (C=O) groups excluding carboxylic acids is 1. The summed E-state index contributed by atoms with van der Waals surface area (Å²) in [7, 11) is -2.17. The van der Waals surface area contributed by atoms with Crippen molar-refractivity contribution in [2.45, 2.75) is 19.8 Å². The number of sulfonamides is 1. The summed E-state index contributed by atoms with van der Waals surface area (Å²) in [6, 6.07) is 7.54. The number of methoxy groups -OCH3 is 1. The average molecular weight is 369 g/mol. The van der Waals surface area contributed by atoms with E-state index in [9.17, 15) is 13.2 Å². The summed E-state index contributed by atoms with van der Waals surface area (Å²) >= 11 is 0. The maximum atomic E-state index is 12.1. The third-order valence-corrected chi connectivity index (χ3v) is 5.65. The largest absolute Gasteiger partial charge is 0.453 e. The Bertz CT molecular complexity index is 668. The van der Waals surface area contributed by atoms with E-state index < -0.39 is 16.1 Å². The van der Waals surface area contributed by atoms with Gasteiger partial charge in [-0.2, -0.15) is 0 Å². The van der Waals surface area contributed by atoms with Crippen LogP contribution in [0.25, 0.3) is 0 Å². The molecule has 7 nitrogen and oxygen atoms in total. The van der Waals surface area contributed by atoms with Crippen LogP contribution in [0.1, 0.15) is 19.8 Å². The predicted octanol–water partition coefficient (Wildman–Crippen LogP) is 2.04. The molecule has 0 saturated carbocycles. The molecule has 2 rings (SSSR count). The molecule has 140 valence electrons. The van der Waals surface area contributed by atoms with E-state index in [4.69, 9.17) is 0 Å². The van der Waals surface area contributed by atoms with E-state index in [2.05, 4.69) is 21.9 Å². The smallest absolute Gasteiger partial charge is 0.406 e. The van der Waals surface area contributed by atoms with Crippen LogP contribution < -0.4 is 14.5 Å². The second-order valence-corrected chi connectivity index (χ2v) is 8.35. The minimum atomic E-state index is -3.44. The van der Waals surface area contributed by atoms with Gasteiger partial charge in [-0.3, -0.25) is 4.31 Å². The molecule has 0 aromatic heterocycles. The van der Waals surface area contributed by atoms with Gasteiger partial charge in [0, 0.05) is 25.3 Å². The molecule has 0 unspecified atom stereocenters. The van der Waals surface area contributed by atoms with E-state index in [0.29, 0.717) is 5.69 Å². The van der Waals surface area contributed by atoms with Crippen molar-refractivity contribution >= 4 is 27.5 Å². The van der Waals surface area contributed by atoms with Crippen molar-refractivity contribution in [2.75, 3.05) is 48.7 Å². The molecule has 0 aliphatic carbocycles. The Balaban J connectivity index is 2.06. The van der Waals surface area contributed by atoms with Gasteiger partial charge in [0.15, 0.2) is 0 Å². The summed E-state index contributed by atoms with van der Waals surface area (Å²) in [6.45, 7) is 4.64. The molecule has 1 fully saturated rings. The molecule has 0 radical (unpaired) electrons. The van der Waals surface area contributed by atoms with Crippen LogP contribution in [-0.2, 0) is 14.8 Å². The maximum Gasteiger partial charge on any atom is 0.406 e. The molecule has 0 bridgehead atoms. The zero-order valence-electron chi connectivity index (χ0n) is 15.1. The first kappa shape index (κ1) is 19.4. The number of hydrogen-bond donors (Lipinski definition) is 1. The summed E-state index contributed by atoms with van der Waals surface area (Å²) in [5, 5.41) is 2.50. The summed E-state index contributed by atoms with van der Waals surface area (Å²) < 4.78 is 29.9. The monoisotopic (exact) mass is 369 g/mol. The van der Waals surface area contributed by atoms with Gasteiger partial charge in [0.2, 0.25) is 10.0 Å². The number of nitrogens with one attached hydrogen (secondary N) is 1. The minimum Gasteiger partial charge on any atom is -0.453 e. The van der Waals surface area contributed by atoms with Gasteiger partial charge in [0.1, 0.15) is 0 Å². The Hall–Kier alpha value is -1.96. The molecule has 1 aromatic carbocycles. The van der Waals surface area contributed by atoms with Crippen LogP contribution in [0.4, 0.5) is 16.2 Å². The standard InChI is InChI=1S/C17H27N3O4S/c1-14-8-11-19(12-9-14)15-4-6-16(7-5-15)20(25(3,22)23)13-10-18-17(21)24-2/h4-7,14H,8-13H2,1-3H3,(H,18,21). The first-order chi connectivity index (χ1) is 11.8. The van der Waals surface area contributed by atoms with Crippen LogP contribution in [0.15, 0.2) is 24.3 Å². The second-order valence-electron chi connectivity index (χ2n) is 6.44. The van der Waals surface area contributed by atoms with E-state index >= 15 is 0 Å². The van der Waals surface area contributed by atoms with Crippen molar-refractivity contribution < 1.29 is 17.9 Å². The third-order valence-electron chi connectivity index (χ3n) is 4.46. The van der Waals surface area contributed by atoms with Crippen molar-refractivity contribution in [3.63, 3.8) is 0 Å². The lowest BCUT2D eigenvalue weighted by Crippen LogP contribution is -2.38. The number of ether oxygens (including phenoxy) is 1. The number of hydrogen-bond acceptors (Lipinski definition) is 5. The Morgan fingerprint density at radius 3 is 2.40 bits per heavy atom. The zero-order valence-corrected chi connectivity index (χ0v) is 15.9. The summed E-state index contributed by atoms with van der Waals surface area (Å²) in [5.74, 6) is 0.763. The van der Waals surface area contributed by atoms with E-state index in [1.54, 1.807) is 0 Å². The normalized spacial score (nSPS) is 15.7. The van der Waals surface area contributed by atoms with Gasteiger partial charge < -0.3 is 15.0 Å². The Morgan fingerprint density at radius 2 is 1.88 bits per heavy atom. The van der Waals surface area contributed by atoms with Crippen molar-refractivity contribution in [3.8, 4) is 0 Å². The summed E-state index contributed by atoms with van der Waals surface area (Å²) in [4.78, 5) is 13.4. The molecular weight excluding hydrogens is 342 g/mol. The number of amides is 1. The van der Waals surface area contributed by atoms with Crippen LogP contribution in [-0.4, -0.2) is 54.1 Å². The van der Waals surface area contributed by atoms with Crippen LogP contribution in [0, 0.1) is 5.92 Å². The van der Waals surface area contributed by atoms with Crippen LogP contribution in [0.5, 0.6) is 0 Å². The topological polar surface area (TPSA) is 79.0 Å². The molecule has 0 atom stereocenters. The first-order valence-corrected chi connectivity index (χ1v) is 10.3. The van der Waals surface area contributed by atoms with Crippen molar-refractivity contribution in [3.05, 3.63) is 24.3 Å². The highest BCUT2D eigenvalue weighted by atomic mass is 32.2. The molecule has 1 aromatic rings. The highest BCUT2D eigenvalue weighted by molar-refractivity contribution is 7.92. The molecule has 0 spiro atoms. The number of rotatable bonds is 6. The molecule has 1 aliphatic heterocycles. The van der Waals surface area contributed by atoms with Gasteiger partial charge in [-0.15, -0.1) is 0 Å². The number of carbonyl (C=O) groups is 1. The molecular formula is C17H27N3O4S. The fourth-order valence-corrected chi connectivity index (χ4v) is 3.84. The van der Waals surface area contributed by atoms with Gasteiger partial charge in [-0.25, -0.2) is 13.2 Å². The van der Waals surface area contributed by atoms with Gasteiger partial charge in [0.25, 0.3) is 0 Å². The second kappa shape index (κ2) is 8.42. The molecule has 1 amide bonds. The highest BCUT2D eigenvalue weighted by Gasteiger charge is 2.19. The number of piperidine rings is 1. The fraction of sp³-hybridized carbons (Fsp3) is 0.588. The lowest BCUT2D eigenvalue weighted by atomic mass is 9.99. The van der Waals surface area contributed by atoms with Gasteiger partial charge in [-0.05, 0) is 43.0 Å². The Morgan fingerprint density at radius 1 is 1.28 bits per heavy atom. The molecule has 1 N–H and O–H groups in total. The van der Waals surface area contributed by atoms with E-state index in [-0.39, 0.29) is 13.1 Å². The quantitative estimate of drug-likeness (QED) is 0.830. The maximum absolute atomic E-state index is 12.1. The van der Waals surface area contributed by atoms with Crippen molar-refractivity contribution in [2.24, 2.45) is 5.92 Å². The summed E-state index contributed by atoms with van der Waals surface area (Å²) in [6.07, 6.45) is 2.93. The number of nitrogens with zero attached hydrogens (tertiary/aromatic N) is 2. The summed E-state index contributed by atoms with van der Waals surface area (Å²) in [5.41, 5.74) is 1.69. The van der Waals surface area contributed by atoms with Crippen LogP contribution in [0.3, 0.4) is 0 Å². The fourth-order valence-electron chi connectivity index (χ4n) is 2.91. The molecule has 8 heteroatoms. The third kappa shape index (κ3) is 5.52. The number of anilines is 2. The first-order valence-electron chi connectivity index (χ1n) is 8.46. The number of benzene rings is 1. The molecule has 1 aliphatic rings. The molecule has 1 saturated heterocycles. The molecule has 1 heterocycles. The van der Waals surface area contributed by atoms with Gasteiger partial charge in [-0.1, -0.05) is 6.92 Å². The van der Waals surface area contributed by atoms with Crippen LogP contribution in [0.2, 0.25) is 0 Å². The lowest BCUT2D eigenvalue weighted by Gasteiger charge is -2.32. The van der Waals surface area contributed by atoms with E-state index in [0.717, 1.165) is 31.0 Å². The molecule has 25 heavy (non-hydrogen) atoms.